The predicted molar refractivity (Wildman–Crippen MR) is 80.3 cm³/mol. The molecule has 2 N–H and O–H groups in total. The molecule has 0 amide bonds. The average Bonchev–Trinajstić information content (AvgIpc) is 2.42. The molecule has 0 unspecified atom stereocenters. The Morgan fingerprint density at radius 2 is 2.00 bits per heavy atom. The molecule has 0 atom stereocenters. The molecule has 0 aliphatic heterocycles. The van der Waals surface area contributed by atoms with E-state index in [9.17, 15) is 4.39 Å². The van der Waals surface area contributed by atoms with Crippen molar-refractivity contribution in [1.82, 2.24) is 4.90 Å². The fraction of sp³-hybridized carbons (Fsp3) is 0.533. The van der Waals surface area contributed by atoms with Crippen LogP contribution >= 0.6 is 0 Å². The summed E-state index contributed by atoms with van der Waals surface area (Å²) in [6.07, 6.45) is 0.841. The van der Waals surface area contributed by atoms with Gasteiger partial charge in [-0.15, -0.1) is 0 Å². The van der Waals surface area contributed by atoms with Crippen molar-refractivity contribution in [2.45, 2.75) is 27.2 Å². The average molecular weight is 281 g/mol. The third-order valence-corrected chi connectivity index (χ3v) is 2.61. The van der Waals surface area contributed by atoms with Gasteiger partial charge in [0.15, 0.2) is 0 Å². The number of benzene rings is 1. The van der Waals surface area contributed by atoms with Gasteiger partial charge in [0, 0.05) is 18.2 Å². The Morgan fingerprint density at radius 3 is 2.50 bits per heavy atom. The lowest BCUT2D eigenvalue weighted by Crippen LogP contribution is -2.16. The number of ether oxygens (including phenoxy) is 1. The van der Waals surface area contributed by atoms with E-state index in [-0.39, 0.29) is 11.3 Å². The maximum absolute atomic E-state index is 13.8. The van der Waals surface area contributed by atoms with Gasteiger partial charge in [-0.25, -0.2) is 4.39 Å². The van der Waals surface area contributed by atoms with Crippen LogP contribution in [0.25, 0.3) is 0 Å². The number of nitriles is 1. The lowest BCUT2D eigenvalue weighted by molar-refractivity contribution is 0.279. The summed E-state index contributed by atoms with van der Waals surface area (Å²) in [6, 6.07) is 3.26. The number of nitrogen functional groups attached to an aromatic ring is 1. The molecular weight excluding hydrogens is 257 g/mol. The second kappa shape index (κ2) is 9.16. The van der Waals surface area contributed by atoms with E-state index in [2.05, 4.69) is 0 Å². The van der Waals surface area contributed by atoms with Gasteiger partial charge in [-0.05, 0) is 27.4 Å². The first kappa shape index (κ1) is 18.2. The van der Waals surface area contributed by atoms with Crippen LogP contribution in [-0.2, 0) is 0 Å². The third kappa shape index (κ3) is 5.06. The monoisotopic (exact) mass is 281 g/mol. The fourth-order valence-electron chi connectivity index (χ4n) is 1.57. The topological polar surface area (TPSA) is 62.3 Å². The SMILES string of the molecule is CC.Cc1c(OCCCN(C)C)cc(N)c(C#N)c1F. The van der Waals surface area contributed by atoms with Gasteiger partial charge < -0.3 is 15.4 Å². The summed E-state index contributed by atoms with van der Waals surface area (Å²) < 4.78 is 19.3. The number of nitrogens with two attached hydrogens (primary N) is 1. The van der Waals surface area contributed by atoms with Gasteiger partial charge >= 0.3 is 0 Å². The molecule has 112 valence electrons. The van der Waals surface area contributed by atoms with Gasteiger partial charge in [0.05, 0.1) is 12.3 Å². The van der Waals surface area contributed by atoms with Crippen LogP contribution in [0.5, 0.6) is 5.75 Å². The Kier molecular flexibility index (Phi) is 8.33. The molecule has 0 aromatic heterocycles. The lowest BCUT2D eigenvalue weighted by atomic mass is 10.1. The van der Waals surface area contributed by atoms with E-state index in [1.54, 1.807) is 13.0 Å². The highest BCUT2D eigenvalue weighted by molar-refractivity contribution is 5.60. The Balaban J connectivity index is 0.00000172. The van der Waals surface area contributed by atoms with Gasteiger partial charge in [0.1, 0.15) is 23.2 Å². The minimum Gasteiger partial charge on any atom is -0.493 e. The molecule has 0 spiro atoms. The summed E-state index contributed by atoms with van der Waals surface area (Å²) in [7, 11) is 3.95. The normalized spacial score (nSPS) is 9.70. The Bertz CT molecular complexity index is 467. The van der Waals surface area contributed by atoms with Crippen molar-refractivity contribution in [3.63, 3.8) is 0 Å². The summed E-state index contributed by atoms with van der Waals surface area (Å²) in [6.45, 7) is 6.97. The summed E-state index contributed by atoms with van der Waals surface area (Å²) in [5.41, 5.74) is 5.92. The van der Waals surface area contributed by atoms with Gasteiger partial charge in [0.2, 0.25) is 0 Å². The highest BCUT2D eigenvalue weighted by Crippen LogP contribution is 2.28. The highest BCUT2D eigenvalue weighted by atomic mass is 19.1. The summed E-state index contributed by atoms with van der Waals surface area (Å²) in [5, 5.41) is 8.77. The predicted octanol–water partition coefficient (Wildman–Crippen LogP) is 2.94. The number of hydrogen-bond donors (Lipinski definition) is 1. The first-order chi connectivity index (χ1) is 9.47. The molecule has 0 heterocycles. The molecule has 0 radical (unpaired) electrons. The lowest BCUT2D eigenvalue weighted by Gasteiger charge is -2.13. The van der Waals surface area contributed by atoms with Crippen LogP contribution in [0.2, 0.25) is 0 Å². The minimum absolute atomic E-state index is 0.114. The second-order valence-corrected chi connectivity index (χ2v) is 4.40. The minimum atomic E-state index is -0.597. The van der Waals surface area contributed by atoms with Crippen molar-refractivity contribution in [3.8, 4) is 11.8 Å². The van der Waals surface area contributed by atoms with Crippen LogP contribution in [0, 0.1) is 24.1 Å². The highest BCUT2D eigenvalue weighted by Gasteiger charge is 2.14. The number of nitrogens with zero attached hydrogens (tertiary/aromatic N) is 2. The summed E-state index contributed by atoms with van der Waals surface area (Å²) in [5.74, 6) is -0.192. The first-order valence-electron chi connectivity index (χ1n) is 6.73. The Labute approximate surface area is 120 Å². The van der Waals surface area contributed by atoms with E-state index < -0.39 is 5.82 Å². The largest absolute Gasteiger partial charge is 0.493 e. The molecule has 0 aliphatic carbocycles. The van der Waals surface area contributed by atoms with Gasteiger partial charge in [-0.1, -0.05) is 13.8 Å². The molecule has 0 saturated carbocycles. The van der Waals surface area contributed by atoms with Crippen LogP contribution in [0.3, 0.4) is 0 Å². The zero-order valence-corrected chi connectivity index (χ0v) is 13.0. The Hall–Kier alpha value is -1.80. The number of anilines is 1. The van der Waals surface area contributed by atoms with E-state index in [4.69, 9.17) is 15.7 Å². The van der Waals surface area contributed by atoms with Crippen LogP contribution in [-0.4, -0.2) is 32.1 Å². The van der Waals surface area contributed by atoms with Crippen molar-refractivity contribution < 1.29 is 9.13 Å². The van der Waals surface area contributed by atoms with Gasteiger partial charge in [-0.3, -0.25) is 0 Å². The molecule has 0 aliphatic rings. The van der Waals surface area contributed by atoms with Crippen LogP contribution in [0.4, 0.5) is 10.1 Å². The van der Waals surface area contributed by atoms with E-state index in [0.29, 0.717) is 17.9 Å². The van der Waals surface area contributed by atoms with E-state index in [1.807, 2.05) is 32.8 Å². The number of halogens is 1. The van der Waals surface area contributed by atoms with E-state index in [0.717, 1.165) is 13.0 Å². The first-order valence-corrected chi connectivity index (χ1v) is 6.73. The maximum atomic E-state index is 13.8. The van der Waals surface area contributed by atoms with Gasteiger partial charge in [-0.2, -0.15) is 5.26 Å². The molecule has 0 saturated heterocycles. The Morgan fingerprint density at radius 1 is 1.40 bits per heavy atom. The molecule has 0 fully saturated rings. The standard InChI is InChI=1S/C13H18FN3O.C2H6/c1-9-12(18-6-4-5-17(2)3)7-11(16)10(8-15)13(9)14;1-2/h7H,4-6,16H2,1-3H3;1-2H3. The number of rotatable bonds is 5. The molecule has 0 bridgehead atoms. The maximum Gasteiger partial charge on any atom is 0.149 e. The van der Waals surface area contributed by atoms with E-state index in [1.165, 1.54) is 6.07 Å². The zero-order valence-electron chi connectivity index (χ0n) is 13.0. The smallest absolute Gasteiger partial charge is 0.149 e. The van der Waals surface area contributed by atoms with Crippen molar-refractivity contribution >= 4 is 5.69 Å². The molecular formula is C15H24FN3O. The molecule has 4 nitrogen and oxygen atoms in total. The van der Waals surface area contributed by atoms with Crippen LogP contribution in [0.1, 0.15) is 31.4 Å². The quantitative estimate of drug-likeness (QED) is 0.666. The molecule has 1 rings (SSSR count). The van der Waals surface area contributed by atoms with Crippen LogP contribution < -0.4 is 10.5 Å². The van der Waals surface area contributed by atoms with Crippen molar-refractivity contribution in [1.29, 1.82) is 5.26 Å². The fourth-order valence-corrected chi connectivity index (χ4v) is 1.57. The molecule has 1 aromatic carbocycles. The summed E-state index contributed by atoms with van der Waals surface area (Å²) in [4.78, 5) is 2.05. The van der Waals surface area contributed by atoms with Crippen molar-refractivity contribution in [2.75, 3.05) is 33.0 Å². The number of hydrogen-bond acceptors (Lipinski definition) is 4. The van der Waals surface area contributed by atoms with Crippen LogP contribution in [0.15, 0.2) is 6.07 Å². The molecule has 1 aromatic rings. The van der Waals surface area contributed by atoms with E-state index >= 15 is 0 Å². The van der Waals surface area contributed by atoms with Crippen molar-refractivity contribution in [2.24, 2.45) is 0 Å². The van der Waals surface area contributed by atoms with Crippen molar-refractivity contribution in [3.05, 3.63) is 23.0 Å². The van der Waals surface area contributed by atoms with Gasteiger partial charge in [0.25, 0.3) is 0 Å². The second-order valence-electron chi connectivity index (χ2n) is 4.40. The third-order valence-electron chi connectivity index (χ3n) is 2.61. The zero-order chi connectivity index (χ0) is 15.7. The summed E-state index contributed by atoms with van der Waals surface area (Å²) >= 11 is 0. The molecule has 20 heavy (non-hydrogen) atoms. The molecule has 5 heteroatoms.